The molecule has 0 aromatic rings. The maximum atomic E-state index is 11.5. The maximum absolute atomic E-state index is 11.5. The summed E-state index contributed by atoms with van der Waals surface area (Å²) >= 11 is 0. The topological polar surface area (TPSA) is 81.4 Å². The Kier molecular flexibility index (Phi) is 6.80. The molecule has 3 N–H and O–H groups in total. The Morgan fingerprint density at radius 3 is 2.47 bits per heavy atom. The van der Waals surface area contributed by atoms with Crippen molar-refractivity contribution in [1.29, 1.82) is 0 Å². The van der Waals surface area contributed by atoms with E-state index in [0.717, 1.165) is 12.8 Å². The van der Waals surface area contributed by atoms with Crippen LogP contribution in [0.2, 0.25) is 0 Å². The van der Waals surface area contributed by atoms with Gasteiger partial charge in [0.25, 0.3) is 0 Å². The van der Waals surface area contributed by atoms with Gasteiger partial charge in [0, 0.05) is 19.0 Å². The molecule has 0 aliphatic rings. The smallest absolute Gasteiger partial charge is 0.313 e. The third kappa shape index (κ3) is 6.94. The molecule has 0 saturated carbocycles. The SMILES string of the molecule is COC(=O)C(C)(C)CNC(=O)CCCC(C)N. The van der Waals surface area contributed by atoms with Crippen LogP contribution < -0.4 is 11.1 Å². The van der Waals surface area contributed by atoms with Crippen LogP contribution in [0.1, 0.15) is 40.0 Å². The van der Waals surface area contributed by atoms with Gasteiger partial charge in [-0.15, -0.1) is 0 Å². The molecule has 0 aromatic heterocycles. The van der Waals surface area contributed by atoms with Gasteiger partial charge < -0.3 is 15.8 Å². The molecule has 17 heavy (non-hydrogen) atoms. The molecule has 1 unspecified atom stereocenters. The summed E-state index contributed by atoms with van der Waals surface area (Å²) < 4.78 is 4.65. The molecule has 5 heteroatoms. The van der Waals surface area contributed by atoms with Crippen molar-refractivity contribution in [3.05, 3.63) is 0 Å². The van der Waals surface area contributed by atoms with E-state index in [0.29, 0.717) is 6.42 Å². The van der Waals surface area contributed by atoms with E-state index in [9.17, 15) is 9.59 Å². The Morgan fingerprint density at radius 1 is 1.41 bits per heavy atom. The zero-order chi connectivity index (χ0) is 13.5. The van der Waals surface area contributed by atoms with Crippen molar-refractivity contribution in [2.24, 2.45) is 11.1 Å². The van der Waals surface area contributed by atoms with Crippen molar-refractivity contribution in [2.45, 2.75) is 46.1 Å². The number of nitrogens with one attached hydrogen (secondary N) is 1. The van der Waals surface area contributed by atoms with Crippen LogP contribution in [-0.4, -0.2) is 31.6 Å². The zero-order valence-electron chi connectivity index (χ0n) is 11.2. The lowest BCUT2D eigenvalue weighted by atomic mass is 9.93. The summed E-state index contributed by atoms with van der Waals surface area (Å²) in [4.78, 5) is 22.8. The van der Waals surface area contributed by atoms with Gasteiger partial charge >= 0.3 is 5.97 Å². The predicted octanol–water partition coefficient (Wildman–Crippen LogP) is 0.819. The lowest BCUT2D eigenvalue weighted by Gasteiger charge is -2.21. The second-order valence-corrected chi connectivity index (χ2v) is 5.02. The highest BCUT2D eigenvalue weighted by Gasteiger charge is 2.28. The third-order valence-electron chi connectivity index (χ3n) is 2.53. The van der Waals surface area contributed by atoms with Crippen LogP contribution in [-0.2, 0) is 14.3 Å². The van der Waals surface area contributed by atoms with Crippen LogP contribution in [0.15, 0.2) is 0 Å². The van der Waals surface area contributed by atoms with Gasteiger partial charge in [0.05, 0.1) is 12.5 Å². The van der Waals surface area contributed by atoms with Crippen LogP contribution in [0, 0.1) is 5.41 Å². The van der Waals surface area contributed by atoms with Gasteiger partial charge in [0.15, 0.2) is 0 Å². The van der Waals surface area contributed by atoms with Gasteiger partial charge in [-0.2, -0.15) is 0 Å². The first-order chi connectivity index (χ1) is 7.79. The molecule has 0 aliphatic carbocycles. The monoisotopic (exact) mass is 244 g/mol. The lowest BCUT2D eigenvalue weighted by Crippen LogP contribution is -2.39. The summed E-state index contributed by atoms with van der Waals surface area (Å²) in [5.74, 6) is -0.379. The number of hydrogen-bond acceptors (Lipinski definition) is 4. The summed E-state index contributed by atoms with van der Waals surface area (Å²) in [6.45, 7) is 5.68. The molecule has 5 nitrogen and oxygen atoms in total. The minimum Gasteiger partial charge on any atom is -0.469 e. The highest BCUT2D eigenvalue weighted by Crippen LogP contribution is 2.15. The molecule has 0 spiro atoms. The number of nitrogens with two attached hydrogens (primary N) is 1. The molecule has 1 amide bonds. The normalized spacial score (nSPS) is 13.0. The van der Waals surface area contributed by atoms with Crippen molar-refractivity contribution in [1.82, 2.24) is 5.32 Å². The molecule has 0 rings (SSSR count). The summed E-state index contributed by atoms with van der Waals surface area (Å²) in [5, 5.41) is 2.73. The van der Waals surface area contributed by atoms with E-state index in [-0.39, 0.29) is 24.5 Å². The minimum absolute atomic E-state index is 0.0531. The average molecular weight is 244 g/mol. The second-order valence-electron chi connectivity index (χ2n) is 5.02. The Labute approximate surface area is 103 Å². The third-order valence-corrected chi connectivity index (χ3v) is 2.53. The summed E-state index contributed by atoms with van der Waals surface area (Å²) in [7, 11) is 1.34. The fourth-order valence-corrected chi connectivity index (χ4v) is 1.34. The number of hydrogen-bond donors (Lipinski definition) is 2. The van der Waals surface area contributed by atoms with Crippen molar-refractivity contribution >= 4 is 11.9 Å². The molecular formula is C12H24N2O3. The van der Waals surface area contributed by atoms with Crippen molar-refractivity contribution in [3.8, 4) is 0 Å². The number of carbonyl (C=O) groups is 2. The molecular weight excluding hydrogens is 220 g/mol. The minimum atomic E-state index is -0.689. The average Bonchev–Trinajstić information content (AvgIpc) is 2.24. The molecule has 0 bridgehead atoms. The first-order valence-electron chi connectivity index (χ1n) is 5.90. The number of amides is 1. The quantitative estimate of drug-likeness (QED) is 0.650. The standard InChI is InChI=1S/C12H24N2O3/c1-9(13)6-5-7-10(15)14-8-12(2,3)11(16)17-4/h9H,5-8,13H2,1-4H3,(H,14,15). The molecule has 1 atom stereocenters. The Hall–Kier alpha value is -1.10. The van der Waals surface area contributed by atoms with Crippen LogP contribution in [0.25, 0.3) is 0 Å². The van der Waals surface area contributed by atoms with E-state index in [2.05, 4.69) is 10.1 Å². The fourth-order valence-electron chi connectivity index (χ4n) is 1.34. The number of ether oxygens (including phenoxy) is 1. The van der Waals surface area contributed by atoms with Gasteiger partial charge in [-0.1, -0.05) is 0 Å². The van der Waals surface area contributed by atoms with Gasteiger partial charge in [-0.3, -0.25) is 9.59 Å². The number of rotatable bonds is 7. The molecule has 0 saturated heterocycles. The molecule has 0 fully saturated rings. The van der Waals surface area contributed by atoms with E-state index in [1.807, 2.05) is 6.92 Å². The highest BCUT2D eigenvalue weighted by atomic mass is 16.5. The zero-order valence-corrected chi connectivity index (χ0v) is 11.2. The number of methoxy groups -OCH3 is 1. The first kappa shape index (κ1) is 15.9. The number of esters is 1. The maximum Gasteiger partial charge on any atom is 0.313 e. The van der Waals surface area contributed by atoms with Crippen LogP contribution in [0.3, 0.4) is 0 Å². The Balaban J connectivity index is 3.87. The van der Waals surface area contributed by atoms with Crippen LogP contribution in [0.5, 0.6) is 0 Å². The van der Waals surface area contributed by atoms with E-state index in [4.69, 9.17) is 5.73 Å². The van der Waals surface area contributed by atoms with E-state index >= 15 is 0 Å². The summed E-state index contributed by atoms with van der Waals surface area (Å²) in [6, 6.07) is 0.120. The van der Waals surface area contributed by atoms with E-state index < -0.39 is 5.41 Å². The lowest BCUT2D eigenvalue weighted by molar-refractivity contribution is -0.150. The highest BCUT2D eigenvalue weighted by molar-refractivity contribution is 5.79. The molecule has 0 aromatic carbocycles. The van der Waals surface area contributed by atoms with E-state index in [1.165, 1.54) is 7.11 Å². The summed E-state index contributed by atoms with van der Waals surface area (Å²) in [5.41, 5.74) is 4.90. The van der Waals surface area contributed by atoms with Crippen molar-refractivity contribution < 1.29 is 14.3 Å². The molecule has 0 aliphatic heterocycles. The molecule has 100 valence electrons. The van der Waals surface area contributed by atoms with Gasteiger partial charge in [0.1, 0.15) is 0 Å². The van der Waals surface area contributed by atoms with Crippen LogP contribution >= 0.6 is 0 Å². The van der Waals surface area contributed by atoms with E-state index in [1.54, 1.807) is 13.8 Å². The van der Waals surface area contributed by atoms with Crippen molar-refractivity contribution in [3.63, 3.8) is 0 Å². The van der Waals surface area contributed by atoms with Gasteiger partial charge in [-0.05, 0) is 33.6 Å². The molecule has 0 radical (unpaired) electrons. The van der Waals surface area contributed by atoms with Crippen LogP contribution in [0.4, 0.5) is 0 Å². The molecule has 0 heterocycles. The first-order valence-corrected chi connectivity index (χ1v) is 5.90. The number of carbonyl (C=O) groups excluding carboxylic acids is 2. The van der Waals surface area contributed by atoms with Gasteiger partial charge in [0.2, 0.25) is 5.91 Å². The Bertz CT molecular complexity index is 262. The largest absolute Gasteiger partial charge is 0.469 e. The predicted molar refractivity (Wildman–Crippen MR) is 66.3 cm³/mol. The fraction of sp³-hybridized carbons (Fsp3) is 0.833. The van der Waals surface area contributed by atoms with Gasteiger partial charge in [-0.25, -0.2) is 0 Å². The Morgan fingerprint density at radius 2 is 2.00 bits per heavy atom. The van der Waals surface area contributed by atoms with Crippen molar-refractivity contribution in [2.75, 3.05) is 13.7 Å². The summed E-state index contributed by atoms with van der Waals surface area (Å²) in [6.07, 6.45) is 2.04. The second kappa shape index (κ2) is 7.27.